The molecule has 168 valence electrons. The zero-order valence-electron chi connectivity index (χ0n) is 18.6. The Bertz CT molecular complexity index is 1060. The van der Waals surface area contributed by atoms with Crippen LogP contribution in [0.2, 0.25) is 0 Å². The zero-order valence-corrected chi connectivity index (χ0v) is 19.4. The molecule has 0 radical (unpaired) electrons. The molecule has 0 saturated heterocycles. The van der Waals surface area contributed by atoms with Crippen molar-refractivity contribution in [3.8, 4) is 11.5 Å². The topological polar surface area (TPSA) is 55.6 Å². The summed E-state index contributed by atoms with van der Waals surface area (Å²) in [6.07, 6.45) is 7.62. The summed E-state index contributed by atoms with van der Waals surface area (Å²) < 4.78 is 8.05. The molecule has 1 aliphatic carbocycles. The fourth-order valence-electron chi connectivity index (χ4n) is 4.04. The Morgan fingerprint density at radius 2 is 1.78 bits per heavy atom. The first-order chi connectivity index (χ1) is 15.7. The summed E-state index contributed by atoms with van der Waals surface area (Å²) in [4.78, 5) is 18.8. The molecule has 2 aromatic carbocycles. The molecule has 1 saturated carbocycles. The van der Waals surface area contributed by atoms with Crippen molar-refractivity contribution in [3.63, 3.8) is 0 Å². The maximum absolute atomic E-state index is 12.7. The van der Waals surface area contributed by atoms with Gasteiger partial charge in [-0.05, 0) is 55.7 Å². The third-order valence-corrected chi connectivity index (χ3v) is 6.58. The first kappa shape index (κ1) is 22.3. The van der Waals surface area contributed by atoms with Crippen molar-refractivity contribution in [2.75, 3.05) is 5.32 Å². The summed E-state index contributed by atoms with van der Waals surface area (Å²) in [5.41, 5.74) is 1.80. The molecule has 0 unspecified atom stereocenters. The predicted molar refractivity (Wildman–Crippen MR) is 130 cm³/mol. The van der Waals surface area contributed by atoms with Gasteiger partial charge in [0, 0.05) is 23.3 Å². The van der Waals surface area contributed by atoms with Crippen molar-refractivity contribution in [3.05, 3.63) is 70.5 Å². The number of nitrogens with one attached hydrogen (secondary N) is 1. The Kier molecular flexibility index (Phi) is 7.77. The van der Waals surface area contributed by atoms with Gasteiger partial charge in [-0.3, -0.25) is 9.79 Å². The highest BCUT2D eigenvalue weighted by Gasteiger charge is 2.14. The third-order valence-electron chi connectivity index (χ3n) is 5.65. The van der Waals surface area contributed by atoms with E-state index in [1.807, 2.05) is 54.6 Å². The van der Waals surface area contributed by atoms with Crippen LogP contribution in [0.3, 0.4) is 0 Å². The van der Waals surface area contributed by atoms with Crippen molar-refractivity contribution < 1.29 is 9.53 Å². The molecule has 0 bridgehead atoms. The molecule has 1 aliphatic rings. The number of hydrogen-bond acceptors (Lipinski definition) is 4. The summed E-state index contributed by atoms with van der Waals surface area (Å²) in [6.45, 7) is 3.06. The van der Waals surface area contributed by atoms with Gasteiger partial charge in [-0.1, -0.05) is 44.4 Å². The molecule has 0 atom stereocenters. The van der Waals surface area contributed by atoms with E-state index in [1.54, 1.807) is 11.3 Å². The average molecular weight is 450 g/mol. The number of carbonyl (C=O) groups is 1. The maximum atomic E-state index is 12.7. The lowest BCUT2D eigenvalue weighted by Crippen LogP contribution is -2.24. The number of thiazole rings is 1. The van der Waals surface area contributed by atoms with Gasteiger partial charge in [-0.15, -0.1) is 11.3 Å². The number of hydrogen-bond donors (Lipinski definition) is 1. The van der Waals surface area contributed by atoms with Crippen LogP contribution >= 0.6 is 11.3 Å². The minimum Gasteiger partial charge on any atom is -0.457 e. The Morgan fingerprint density at radius 1 is 1.06 bits per heavy atom. The van der Waals surface area contributed by atoms with E-state index in [2.05, 4.69) is 22.2 Å². The van der Waals surface area contributed by atoms with Gasteiger partial charge in [-0.2, -0.15) is 0 Å². The second kappa shape index (κ2) is 11.1. The number of amides is 1. The number of ether oxygens (including phenoxy) is 1. The number of carbonyl (C=O) groups excluding carboxylic acids is 1. The van der Waals surface area contributed by atoms with E-state index in [9.17, 15) is 4.79 Å². The van der Waals surface area contributed by atoms with E-state index in [-0.39, 0.29) is 5.91 Å². The van der Waals surface area contributed by atoms with Gasteiger partial charge in [0.25, 0.3) is 0 Å². The lowest BCUT2D eigenvalue weighted by atomic mass is 9.96. The van der Waals surface area contributed by atoms with Gasteiger partial charge in [0.15, 0.2) is 4.80 Å². The summed E-state index contributed by atoms with van der Waals surface area (Å²) in [5, 5.41) is 5.10. The lowest BCUT2D eigenvalue weighted by Gasteiger charge is -2.17. The molecule has 5 nitrogen and oxygen atoms in total. The molecule has 0 spiro atoms. The molecule has 1 amide bonds. The predicted octanol–water partition coefficient (Wildman–Crippen LogP) is 6.17. The van der Waals surface area contributed by atoms with Crippen LogP contribution in [0.1, 0.15) is 51.1 Å². The number of benzene rings is 2. The number of aromatic nitrogens is 1. The molecular weight excluding hydrogens is 418 g/mol. The quantitative estimate of drug-likeness (QED) is 0.447. The molecule has 0 aliphatic heterocycles. The lowest BCUT2D eigenvalue weighted by molar-refractivity contribution is -0.115. The van der Waals surface area contributed by atoms with Crippen LogP contribution in [-0.2, 0) is 17.8 Å². The first-order valence-corrected chi connectivity index (χ1v) is 12.4. The SMILES string of the molecule is CCCn1c(CC(=O)Nc2ccc(Oc3ccccc3)cc2)csc1=NC1CCCCC1. The molecule has 1 aromatic heterocycles. The Balaban J connectivity index is 1.39. The van der Waals surface area contributed by atoms with Gasteiger partial charge in [0.2, 0.25) is 5.91 Å². The van der Waals surface area contributed by atoms with E-state index in [4.69, 9.17) is 9.73 Å². The van der Waals surface area contributed by atoms with Gasteiger partial charge >= 0.3 is 0 Å². The van der Waals surface area contributed by atoms with E-state index in [0.717, 1.165) is 40.6 Å². The number of nitrogens with zero attached hydrogens (tertiary/aromatic N) is 2. The zero-order chi connectivity index (χ0) is 22.2. The van der Waals surface area contributed by atoms with Crippen molar-refractivity contribution in [2.24, 2.45) is 4.99 Å². The van der Waals surface area contributed by atoms with Crippen LogP contribution in [0.4, 0.5) is 5.69 Å². The van der Waals surface area contributed by atoms with E-state index in [1.165, 1.54) is 32.1 Å². The van der Waals surface area contributed by atoms with E-state index >= 15 is 0 Å². The molecule has 6 heteroatoms. The summed E-state index contributed by atoms with van der Waals surface area (Å²) in [6, 6.07) is 17.6. The molecule has 3 aromatic rings. The van der Waals surface area contributed by atoms with Crippen LogP contribution in [0.5, 0.6) is 11.5 Å². The van der Waals surface area contributed by atoms with Crippen molar-refractivity contribution in [1.29, 1.82) is 0 Å². The van der Waals surface area contributed by atoms with E-state index < -0.39 is 0 Å². The van der Waals surface area contributed by atoms with Crippen molar-refractivity contribution >= 4 is 22.9 Å². The Morgan fingerprint density at radius 3 is 2.50 bits per heavy atom. The smallest absolute Gasteiger partial charge is 0.230 e. The average Bonchev–Trinajstić information content (AvgIpc) is 3.17. The summed E-state index contributed by atoms with van der Waals surface area (Å²) >= 11 is 1.66. The molecule has 1 heterocycles. The Labute approximate surface area is 193 Å². The standard InChI is InChI=1S/C26H31N3O2S/c1-2-17-29-22(19-32-26(29)28-20-9-5-3-6-10-20)18-25(30)27-21-13-15-24(16-14-21)31-23-11-7-4-8-12-23/h4,7-8,11-16,19-20H,2-3,5-6,9-10,17-18H2,1H3,(H,27,30). The molecule has 4 rings (SSSR count). The number of rotatable bonds is 8. The van der Waals surface area contributed by atoms with Gasteiger partial charge in [-0.25, -0.2) is 0 Å². The second-order valence-corrected chi connectivity index (χ2v) is 9.08. The molecular formula is C26H31N3O2S. The molecule has 1 N–H and O–H groups in total. The normalized spacial score (nSPS) is 15.0. The van der Waals surface area contributed by atoms with Crippen LogP contribution in [0.25, 0.3) is 0 Å². The van der Waals surface area contributed by atoms with Gasteiger partial charge < -0.3 is 14.6 Å². The van der Waals surface area contributed by atoms with Gasteiger partial charge in [0.1, 0.15) is 11.5 Å². The maximum Gasteiger partial charge on any atom is 0.230 e. The Hall–Kier alpha value is -2.86. The molecule has 32 heavy (non-hydrogen) atoms. The van der Waals surface area contributed by atoms with Crippen LogP contribution in [0.15, 0.2) is 65.0 Å². The summed E-state index contributed by atoms with van der Waals surface area (Å²) in [7, 11) is 0. The van der Waals surface area contributed by atoms with Crippen LogP contribution < -0.4 is 14.9 Å². The van der Waals surface area contributed by atoms with Crippen LogP contribution in [0, 0.1) is 0 Å². The fourth-order valence-corrected chi connectivity index (χ4v) is 5.04. The van der Waals surface area contributed by atoms with Gasteiger partial charge in [0.05, 0.1) is 12.5 Å². The monoisotopic (exact) mass is 449 g/mol. The minimum absolute atomic E-state index is 0.0198. The molecule has 1 fully saturated rings. The second-order valence-electron chi connectivity index (χ2n) is 8.25. The highest BCUT2D eigenvalue weighted by atomic mass is 32.1. The first-order valence-electron chi connectivity index (χ1n) is 11.5. The summed E-state index contributed by atoms with van der Waals surface area (Å²) in [5.74, 6) is 1.51. The highest BCUT2D eigenvalue weighted by molar-refractivity contribution is 7.07. The largest absolute Gasteiger partial charge is 0.457 e. The van der Waals surface area contributed by atoms with Crippen LogP contribution in [-0.4, -0.2) is 16.5 Å². The third kappa shape index (κ3) is 6.10. The number of para-hydroxylation sites is 1. The minimum atomic E-state index is -0.0198. The number of anilines is 1. The fraction of sp³-hybridized carbons (Fsp3) is 0.385. The highest BCUT2D eigenvalue weighted by Crippen LogP contribution is 2.23. The van der Waals surface area contributed by atoms with E-state index in [0.29, 0.717) is 12.5 Å². The van der Waals surface area contributed by atoms with Crippen molar-refractivity contribution in [1.82, 2.24) is 4.57 Å². The van der Waals surface area contributed by atoms with Crippen molar-refractivity contribution in [2.45, 2.75) is 64.5 Å².